The molecule has 1 aromatic heterocycles. The number of benzene rings is 1. The SMILES string of the molecule is COc1nc(N)nc2cccc(Br)c12. The zero-order chi connectivity index (χ0) is 10.1. The highest BCUT2D eigenvalue weighted by Gasteiger charge is 2.08. The Hall–Kier alpha value is -1.36. The van der Waals surface area contributed by atoms with Crippen LogP contribution in [0.25, 0.3) is 10.9 Å². The largest absolute Gasteiger partial charge is 0.480 e. The van der Waals surface area contributed by atoms with Gasteiger partial charge in [0.15, 0.2) is 0 Å². The summed E-state index contributed by atoms with van der Waals surface area (Å²) in [6.07, 6.45) is 0. The molecule has 0 aliphatic carbocycles. The summed E-state index contributed by atoms with van der Waals surface area (Å²) in [4.78, 5) is 8.10. The number of anilines is 1. The number of rotatable bonds is 1. The van der Waals surface area contributed by atoms with Crippen LogP contribution in [-0.4, -0.2) is 17.1 Å². The molecule has 0 radical (unpaired) electrons. The van der Waals surface area contributed by atoms with E-state index in [4.69, 9.17) is 10.5 Å². The number of nitrogen functional groups attached to an aromatic ring is 1. The van der Waals surface area contributed by atoms with Gasteiger partial charge in [-0.05, 0) is 28.1 Å². The number of aromatic nitrogens is 2. The lowest BCUT2D eigenvalue weighted by atomic mass is 10.2. The maximum Gasteiger partial charge on any atom is 0.227 e. The van der Waals surface area contributed by atoms with Crippen LogP contribution >= 0.6 is 15.9 Å². The Morgan fingerprint density at radius 1 is 1.36 bits per heavy atom. The summed E-state index contributed by atoms with van der Waals surface area (Å²) in [7, 11) is 1.56. The standard InChI is InChI=1S/C9H8BrN3O/c1-14-8-7-5(10)3-2-4-6(7)12-9(11)13-8/h2-4H,1H3,(H2,11,12,13). The van der Waals surface area contributed by atoms with Crippen LogP contribution in [-0.2, 0) is 0 Å². The molecule has 0 saturated heterocycles. The third kappa shape index (κ3) is 1.39. The second-order valence-corrected chi connectivity index (χ2v) is 3.58. The number of ether oxygens (including phenoxy) is 1. The van der Waals surface area contributed by atoms with Gasteiger partial charge in [0.1, 0.15) is 0 Å². The molecule has 0 bridgehead atoms. The highest BCUT2D eigenvalue weighted by molar-refractivity contribution is 9.10. The van der Waals surface area contributed by atoms with E-state index < -0.39 is 0 Å². The van der Waals surface area contributed by atoms with E-state index in [1.165, 1.54) is 0 Å². The molecule has 2 rings (SSSR count). The summed E-state index contributed by atoms with van der Waals surface area (Å²) in [5, 5.41) is 0.837. The van der Waals surface area contributed by atoms with Gasteiger partial charge in [0, 0.05) is 4.47 Å². The number of hydrogen-bond donors (Lipinski definition) is 1. The van der Waals surface area contributed by atoms with E-state index in [0.29, 0.717) is 5.88 Å². The van der Waals surface area contributed by atoms with Crippen molar-refractivity contribution in [3.8, 4) is 5.88 Å². The highest BCUT2D eigenvalue weighted by atomic mass is 79.9. The van der Waals surface area contributed by atoms with E-state index in [2.05, 4.69) is 25.9 Å². The number of nitrogens with two attached hydrogens (primary N) is 1. The Balaban J connectivity index is 2.88. The van der Waals surface area contributed by atoms with Gasteiger partial charge in [-0.3, -0.25) is 0 Å². The Kier molecular flexibility index (Phi) is 2.25. The van der Waals surface area contributed by atoms with Crippen molar-refractivity contribution in [3.05, 3.63) is 22.7 Å². The number of nitrogens with zero attached hydrogens (tertiary/aromatic N) is 2. The van der Waals surface area contributed by atoms with Crippen LogP contribution in [0.1, 0.15) is 0 Å². The molecule has 4 nitrogen and oxygen atoms in total. The minimum absolute atomic E-state index is 0.215. The Morgan fingerprint density at radius 2 is 2.14 bits per heavy atom. The molecule has 0 saturated carbocycles. The molecule has 5 heteroatoms. The molecule has 0 aliphatic rings. The Labute approximate surface area is 89.2 Å². The molecule has 0 unspecified atom stereocenters. The predicted octanol–water partition coefficient (Wildman–Crippen LogP) is 1.98. The fourth-order valence-corrected chi connectivity index (χ4v) is 1.80. The summed E-state index contributed by atoms with van der Waals surface area (Å²) in [6.45, 7) is 0. The molecule has 1 aromatic carbocycles. The van der Waals surface area contributed by atoms with E-state index in [1.807, 2.05) is 18.2 Å². The zero-order valence-corrected chi connectivity index (χ0v) is 9.08. The van der Waals surface area contributed by atoms with Crippen LogP contribution in [0.5, 0.6) is 5.88 Å². The van der Waals surface area contributed by atoms with Crippen molar-refractivity contribution in [2.24, 2.45) is 0 Å². The van der Waals surface area contributed by atoms with Gasteiger partial charge in [-0.15, -0.1) is 0 Å². The fraction of sp³-hybridized carbons (Fsp3) is 0.111. The van der Waals surface area contributed by atoms with Crippen molar-refractivity contribution in [1.29, 1.82) is 0 Å². The molecule has 2 N–H and O–H groups in total. The molecule has 0 atom stereocenters. The lowest BCUT2D eigenvalue weighted by Crippen LogP contribution is -1.98. The zero-order valence-electron chi connectivity index (χ0n) is 7.49. The minimum atomic E-state index is 0.215. The van der Waals surface area contributed by atoms with Gasteiger partial charge < -0.3 is 10.5 Å². The van der Waals surface area contributed by atoms with Gasteiger partial charge in [-0.2, -0.15) is 4.98 Å². The molecule has 0 fully saturated rings. The topological polar surface area (TPSA) is 61.0 Å². The quantitative estimate of drug-likeness (QED) is 0.845. The molecule has 0 amide bonds. The van der Waals surface area contributed by atoms with Crippen molar-refractivity contribution >= 4 is 32.8 Å². The average molecular weight is 254 g/mol. The first-order chi connectivity index (χ1) is 6.72. The van der Waals surface area contributed by atoms with Gasteiger partial charge in [-0.1, -0.05) is 6.07 Å². The molecule has 1 heterocycles. The maximum absolute atomic E-state index is 5.53. The van der Waals surface area contributed by atoms with Gasteiger partial charge in [0.05, 0.1) is 18.0 Å². The highest BCUT2D eigenvalue weighted by Crippen LogP contribution is 2.29. The Bertz CT molecular complexity index is 487. The number of methoxy groups -OCH3 is 1. The molecule has 0 spiro atoms. The molecule has 0 aliphatic heterocycles. The van der Waals surface area contributed by atoms with Crippen LogP contribution in [0.3, 0.4) is 0 Å². The van der Waals surface area contributed by atoms with Gasteiger partial charge in [-0.25, -0.2) is 4.98 Å². The third-order valence-electron chi connectivity index (χ3n) is 1.85. The Morgan fingerprint density at radius 3 is 2.86 bits per heavy atom. The molecular formula is C9H8BrN3O. The lowest BCUT2D eigenvalue weighted by molar-refractivity contribution is 0.403. The van der Waals surface area contributed by atoms with Crippen molar-refractivity contribution in [1.82, 2.24) is 9.97 Å². The van der Waals surface area contributed by atoms with Crippen LogP contribution in [0, 0.1) is 0 Å². The first-order valence-electron chi connectivity index (χ1n) is 3.98. The van der Waals surface area contributed by atoms with Gasteiger partial charge in [0.2, 0.25) is 11.8 Å². The van der Waals surface area contributed by atoms with Gasteiger partial charge >= 0.3 is 0 Å². The van der Waals surface area contributed by atoms with E-state index >= 15 is 0 Å². The molecular weight excluding hydrogens is 246 g/mol. The second-order valence-electron chi connectivity index (χ2n) is 2.73. The van der Waals surface area contributed by atoms with E-state index in [1.54, 1.807) is 7.11 Å². The summed E-state index contributed by atoms with van der Waals surface area (Å²) < 4.78 is 6.02. The molecule has 2 aromatic rings. The van der Waals surface area contributed by atoms with Gasteiger partial charge in [0.25, 0.3) is 0 Å². The van der Waals surface area contributed by atoms with Crippen LogP contribution < -0.4 is 10.5 Å². The minimum Gasteiger partial charge on any atom is -0.480 e. The smallest absolute Gasteiger partial charge is 0.227 e. The van der Waals surface area contributed by atoms with Crippen molar-refractivity contribution in [3.63, 3.8) is 0 Å². The predicted molar refractivity (Wildman–Crippen MR) is 58.2 cm³/mol. The summed E-state index contributed by atoms with van der Waals surface area (Å²) >= 11 is 3.41. The van der Waals surface area contributed by atoms with Crippen molar-refractivity contribution < 1.29 is 4.74 Å². The number of fused-ring (bicyclic) bond motifs is 1. The monoisotopic (exact) mass is 253 g/mol. The number of halogens is 1. The maximum atomic E-state index is 5.53. The summed E-state index contributed by atoms with van der Waals surface area (Å²) in [5.74, 6) is 0.701. The first-order valence-corrected chi connectivity index (χ1v) is 4.77. The summed E-state index contributed by atoms with van der Waals surface area (Å²) in [6, 6.07) is 5.66. The number of hydrogen-bond acceptors (Lipinski definition) is 4. The van der Waals surface area contributed by atoms with E-state index in [0.717, 1.165) is 15.4 Å². The second kappa shape index (κ2) is 3.42. The summed E-state index contributed by atoms with van der Waals surface area (Å²) in [5.41, 5.74) is 6.30. The van der Waals surface area contributed by atoms with Crippen LogP contribution in [0.15, 0.2) is 22.7 Å². The molecule has 72 valence electrons. The van der Waals surface area contributed by atoms with E-state index in [9.17, 15) is 0 Å². The van der Waals surface area contributed by atoms with Crippen molar-refractivity contribution in [2.75, 3.05) is 12.8 Å². The van der Waals surface area contributed by atoms with Crippen LogP contribution in [0.4, 0.5) is 5.95 Å². The van der Waals surface area contributed by atoms with Crippen LogP contribution in [0.2, 0.25) is 0 Å². The fourth-order valence-electron chi connectivity index (χ4n) is 1.27. The normalized spacial score (nSPS) is 10.4. The third-order valence-corrected chi connectivity index (χ3v) is 2.51. The lowest BCUT2D eigenvalue weighted by Gasteiger charge is -2.05. The average Bonchev–Trinajstić information content (AvgIpc) is 2.16. The first kappa shape index (κ1) is 9.21. The molecule has 14 heavy (non-hydrogen) atoms. The van der Waals surface area contributed by atoms with E-state index in [-0.39, 0.29) is 5.95 Å². The van der Waals surface area contributed by atoms with Crippen molar-refractivity contribution in [2.45, 2.75) is 0 Å².